The second kappa shape index (κ2) is 7.60. The van der Waals surface area contributed by atoms with E-state index in [9.17, 15) is 13.2 Å². The molecule has 0 saturated heterocycles. The quantitative estimate of drug-likeness (QED) is 0.776. The van der Waals surface area contributed by atoms with Crippen LogP contribution in [-0.4, -0.2) is 33.6 Å². The Hall–Kier alpha value is -1.60. The van der Waals surface area contributed by atoms with Crippen LogP contribution in [-0.2, 0) is 14.8 Å². The molecule has 124 valence electrons. The maximum absolute atomic E-state index is 12.4. The maximum atomic E-state index is 12.4. The third-order valence-corrected chi connectivity index (χ3v) is 4.55. The summed E-state index contributed by atoms with van der Waals surface area (Å²) < 4.78 is 37.6. The fraction of sp³-hybridized carbons (Fsp3) is 0.533. The SMILES string of the molecule is CCOC(=O)c1cc(S(=O)(=O)NC(C)C)c(C)cc1OCC. The van der Waals surface area contributed by atoms with Gasteiger partial charge in [0, 0.05) is 6.04 Å². The summed E-state index contributed by atoms with van der Waals surface area (Å²) >= 11 is 0. The molecule has 1 rings (SSSR count). The van der Waals surface area contributed by atoms with Gasteiger partial charge in [-0.2, -0.15) is 0 Å². The third-order valence-electron chi connectivity index (χ3n) is 2.75. The molecule has 1 N–H and O–H groups in total. The van der Waals surface area contributed by atoms with Crippen molar-refractivity contribution in [1.29, 1.82) is 0 Å². The normalized spacial score (nSPS) is 11.5. The highest BCUT2D eigenvalue weighted by Gasteiger charge is 2.23. The Kier molecular flexibility index (Phi) is 6.37. The molecule has 22 heavy (non-hydrogen) atoms. The van der Waals surface area contributed by atoms with E-state index in [4.69, 9.17) is 9.47 Å². The van der Waals surface area contributed by atoms with Gasteiger partial charge in [0.15, 0.2) is 0 Å². The van der Waals surface area contributed by atoms with E-state index in [1.165, 1.54) is 6.07 Å². The number of aryl methyl sites for hydroxylation is 1. The fourth-order valence-corrected chi connectivity index (χ4v) is 3.47. The number of carbonyl (C=O) groups is 1. The number of ether oxygens (including phenoxy) is 2. The van der Waals surface area contributed by atoms with Gasteiger partial charge in [-0.15, -0.1) is 0 Å². The number of esters is 1. The zero-order valence-corrected chi connectivity index (χ0v) is 14.4. The summed E-state index contributed by atoms with van der Waals surface area (Å²) in [6.45, 7) is 9.15. The van der Waals surface area contributed by atoms with Crippen LogP contribution in [0.1, 0.15) is 43.6 Å². The summed E-state index contributed by atoms with van der Waals surface area (Å²) in [6.07, 6.45) is 0. The minimum Gasteiger partial charge on any atom is -0.493 e. The second-order valence-electron chi connectivity index (χ2n) is 5.04. The first-order chi connectivity index (χ1) is 10.2. The van der Waals surface area contributed by atoms with Gasteiger partial charge in [-0.25, -0.2) is 17.9 Å². The number of benzene rings is 1. The molecule has 6 nitrogen and oxygen atoms in total. The van der Waals surface area contributed by atoms with Gasteiger partial charge in [-0.05, 0) is 52.3 Å². The molecule has 0 amide bonds. The van der Waals surface area contributed by atoms with Crippen LogP contribution in [0.25, 0.3) is 0 Å². The molecule has 1 aromatic rings. The topological polar surface area (TPSA) is 81.7 Å². The Morgan fingerprint density at radius 2 is 1.86 bits per heavy atom. The van der Waals surface area contributed by atoms with Crippen LogP contribution in [0.15, 0.2) is 17.0 Å². The zero-order valence-electron chi connectivity index (χ0n) is 13.6. The Morgan fingerprint density at radius 3 is 2.36 bits per heavy atom. The Bertz CT molecular complexity index is 638. The van der Waals surface area contributed by atoms with E-state index < -0.39 is 16.0 Å². The first-order valence-electron chi connectivity index (χ1n) is 7.19. The number of sulfonamides is 1. The van der Waals surface area contributed by atoms with Gasteiger partial charge in [0.1, 0.15) is 11.3 Å². The largest absolute Gasteiger partial charge is 0.493 e. The molecule has 0 radical (unpaired) electrons. The summed E-state index contributed by atoms with van der Waals surface area (Å²) in [7, 11) is -3.71. The Morgan fingerprint density at radius 1 is 1.23 bits per heavy atom. The van der Waals surface area contributed by atoms with Gasteiger partial charge < -0.3 is 9.47 Å². The van der Waals surface area contributed by atoms with Crippen LogP contribution in [0, 0.1) is 6.92 Å². The van der Waals surface area contributed by atoms with Crippen LogP contribution < -0.4 is 9.46 Å². The smallest absolute Gasteiger partial charge is 0.341 e. The molecule has 0 bridgehead atoms. The lowest BCUT2D eigenvalue weighted by Gasteiger charge is -2.16. The highest BCUT2D eigenvalue weighted by atomic mass is 32.2. The summed E-state index contributed by atoms with van der Waals surface area (Å²) in [5.74, 6) is -0.283. The minimum absolute atomic E-state index is 0.0488. The molecule has 0 saturated carbocycles. The Labute approximate surface area is 131 Å². The monoisotopic (exact) mass is 329 g/mol. The Balaban J connectivity index is 3.43. The van der Waals surface area contributed by atoms with Crippen molar-refractivity contribution >= 4 is 16.0 Å². The molecule has 0 aromatic heterocycles. The summed E-state index contributed by atoms with van der Waals surface area (Å²) in [6, 6.07) is 2.61. The van der Waals surface area contributed by atoms with Crippen molar-refractivity contribution in [2.75, 3.05) is 13.2 Å². The number of hydrogen-bond donors (Lipinski definition) is 1. The van der Waals surface area contributed by atoms with Crippen molar-refractivity contribution in [3.8, 4) is 5.75 Å². The molecule has 0 aliphatic heterocycles. The minimum atomic E-state index is -3.71. The van der Waals surface area contributed by atoms with Crippen molar-refractivity contribution < 1.29 is 22.7 Å². The van der Waals surface area contributed by atoms with Crippen molar-refractivity contribution in [3.05, 3.63) is 23.3 Å². The van der Waals surface area contributed by atoms with Gasteiger partial charge in [-0.3, -0.25) is 0 Å². The average Bonchev–Trinajstić information content (AvgIpc) is 2.37. The van der Waals surface area contributed by atoms with Gasteiger partial charge in [0.2, 0.25) is 10.0 Å². The predicted octanol–water partition coefficient (Wildman–Crippen LogP) is 2.26. The highest BCUT2D eigenvalue weighted by Crippen LogP contribution is 2.27. The van der Waals surface area contributed by atoms with Crippen molar-refractivity contribution in [2.45, 2.75) is 45.6 Å². The molecule has 7 heteroatoms. The van der Waals surface area contributed by atoms with E-state index in [0.29, 0.717) is 17.9 Å². The summed E-state index contributed by atoms with van der Waals surface area (Å²) in [4.78, 5) is 12.1. The van der Waals surface area contributed by atoms with E-state index in [0.717, 1.165) is 0 Å². The lowest BCUT2D eigenvalue weighted by molar-refractivity contribution is 0.0521. The van der Waals surface area contributed by atoms with E-state index in [-0.39, 0.29) is 23.1 Å². The van der Waals surface area contributed by atoms with E-state index >= 15 is 0 Å². The van der Waals surface area contributed by atoms with Gasteiger partial charge in [0.05, 0.1) is 18.1 Å². The van der Waals surface area contributed by atoms with Crippen molar-refractivity contribution in [2.24, 2.45) is 0 Å². The standard InChI is InChI=1S/C15H23NO5S/c1-6-20-13-8-11(5)14(22(18,19)16-10(3)4)9-12(13)15(17)21-7-2/h8-10,16H,6-7H2,1-5H3. The van der Waals surface area contributed by atoms with E-state index in [2.05, 4.69) is 4.72 Å². The van der Waals surface area contributed by atoms with E-state index in [1.54, 1.807) is 40.7 Å². The lowest BCUT2D eigenvalue weighted by Crippen LogP contribution is -2.31. The highest BCUT2D eigenvalue weighted by molar-refractivity contribution is 7.89. The molecule has 0 spiro atoms. The van der Waals surface area contributed by atoms with Crippen molar-refractivity contribution in [1.82, 2.24) is 4.72 Å². The van der Waals surface area contributed by atoms with Crippen LogP contribution in [0.4, 0.5) is 0 Å². The predicted molar refractivity (Wildman–Crippen MR) is 83.8 cm³/mol. The first kappa shape index (κ1) is 18.4. The zero-order chi connectivity index (χ0) is 16.9. The molecule has 0 aliphatic rings. The summed E-state index contributed by atoms with van der Waals surface area (Å²) in [5, 5.41) is 0. The average molecular weight is 329 g/mol. The van der Waals surface area contributed by atoms with Gasteiger partial charge >= 0.3 is 5.97 Å². The lowest BCUT2D eigenvalue weighted by atomic mass is 10.1. The van der Waals surface area contributed by atoms with Crippen molar-refractivity contribution in [3.63, 3.8) is 0 Å². The molecule has 0 fully saturated rings. The third kappa shape index (κ3) is 4.45. The molecule has 0 atom stereocenters. The maximum Gasteiger partial charge on any atom is 0.341 e. The van der Waals surface area contributed by atoms with Crippen LogP contribution in [0.5, 0.6) is 5.75 Å². The van der Waals surface area contributed by atoms with Gasteiger partial charge in [-0.1, -0.05) is 0 Å². The van der Waals surface area contributed by atoms with Crippen LogP contribution in [0.3, 0.4) is 0 Å². The molecule has 1 aromatic carbocycles. The number of rotatable bonds is 7. The molecular formula is C15H23NO5S. The van der Waals surface area contributed by atoms with Crippen LogP contribution in [0.2, 0.25) is 0 Å². The summed E-state index contributed by atoms with van der Waals surface area (Å²) in [5.41, 5.74) is 0.614. The molecule has 0 aliphatic carbocycles. The fourth-order valence-electron chi connectivity index (χ4n) is 1.97. The number of carbonyl (C=O) groups excluding carboxylic acids is 1. The second-order valence-corrected chi connectivity index (χ2v) is 6.73. The molecular weight excluding hydrogens is 306 g/mol. The number of hydrogen-bond acceptors (Lipinski definition) is 5. The van der Waals surface area contributed by atoms with E-state index in [1.807, 2.05) is 0 Å². The molecule has 0 unspecified atom stereocenters. The first-order valence-corrected chi connectivity index (χ1v) is 8.68. The van der Waals surface area contributed by atoms with Gasteiger partial charge in [0.25, 0.3) is 0 Å². The number of nitrogens with one attached hydrogen (secondary N) is 1. The molecule has 0 heterocycles. The van der Waals surface area contributed by atoms with Crippen LogP contribution >= 0.6 is 0 Å².